The number of nitriles is 1. The third kappa shape index (κ3) is 6.37. The van der Waals surface area contributed by atoms with Gasteiger partial charge in [0.1, 0.15) is 12.6 Å². The summed E-state index contributed by atoms with van der Waals surface area (Å²) in [5.41, 5.74) is 0.0974. The molecule has 0 spiro atoms. The molecule has 0 aliphatic carbocycles. The van der Waals surface area contributed by atoms with E-state index in [-0.39, 0.29) is 40.8 Å². The molecule has 0 radical (unpaired) electrons. The van der Waals surface area contributed by atoms with Crippen molar-refractivity contribution in [2.75, 3.05) is 6.54 Å². The Labute approximate surface area is 176 Å². The van der Waals surface area contributed by atoms with Gasteiger partial charge in [-0.2, -0.15) is 18.4 Å². The van der Waals surface area contributed by atoms with E-state index in [0.29, 0.717) is 0 Å². The second kappa shape index (κ2) is 10.3. The Hall–Kier alpha value is -2.77. The van der Waals surface area contributed by atoms with Crippen molar-refractivity contribution in [3.63, 3.8) is 0 Å². The Morgan fingerprint density at radius 2 is 1.90 bits per heavy atom. The number of rotatable bonds is 9. The smallest absolute Gasteiger partial charge is 0.342 e. The zero-order valence-corrected chi connectivity index (χ0v) is 17.2. The fourth-order valence-corrected chi connectivity index (χ4v) is 3.44. The number of amides is 1. The molecular formula is C20H21F3N4O2S. The lowest BCUT2D eigenvalue weighted by molar-refractivity contribution is -0.161. The minimum Gasteiger partial charge on any atom is -0.342 e. The van der Waals surface area contributed by atoms with Gasteiger partial charge in [0.05, 0.1) is 12.1 Å². The van der Waals surface area contributed by atoms with Crippen LogP contribution in [0, 0.1) is 17.2 Å². The lowest BCUT2D eigenvalue weighted by Gasteiger charge is -2.28. The second-order valence-corrected chi connectivity index (χ2v) is 7.88. The molecule has 0 saturated carbocycles. The number of nitrogens with zero attached hydrogens (tertiary/aromatic N) is 2. The molecule has 160 valence electrons. The third-order valence-corrected chi connectivity index (χ3v) is 4.97. The van der Waals surface area contributed by atoms with Gasteiger partial charge in [-0.1, -0.05) is 38.1 Å². The number of hydrogen-bond acceptors (Lipinski definition) is 6. The number of aromatic nitrogens is 1. The minimum absolute atomic E-state index is 0.0532. The summed E-state index contributed by atoms with van der Waals surface area (Å²) in [7, 11) is 0. The first-order chi connectivity index (χ1) is 14.1. The molecule has 1 amide bonds. The molecule has 0 fully saturated rings. The number of hydrogen-bond donors (Lipinski definition) is 2. The van der Waals surface area contributed by atoms with Gasteiger partial charge in [0.2, 0.25) is 11.7 Å². The number of carbonyl (C=O) groups excluding carboxylic acids is 2. The molecule has 0 aliphatic rings. The van der Waals surface area contributed by atoms with Crippen LogP contribution in [0.1, 0.15) is 47.2 Å². The maximum Gasteiger partial charge on any atom is 0.407 e. The van der Waals surface area contributed by atoms with Crippen LogP contribution >= 0.6 is 11.3 Å². The van der Waals surface area contributed by atoms with Crippen molar-refractivity contribution in [3.8, 4) is 6.07 Å². The average Bonchev–Trinajstić information content (AvgIpc) is 3.22. The van der Waals surface area contributed by atoms with Crippen molar-refractivity contribution in [2.45, 2.75) is 38.5 Å². The third-order valence-electron chi connectivity index (χ3n) is 4.19. The molecular weight excluding hydrogens is 417 g/mol. The number of thiazole rings is 1. The van der Waals surface area contributed by atoms with Gasteiger partial charge in [0.15, 0.2) is 5.01 Å². The first-order valence-electron chi connectivity index (χ1n) is 9.15. The molecule has 1 aromatic heterocycles. The molecule has 0 aliphatic heterocycles. The zero-order chi connectivity index (χ0) is 22.3. The van der Waals surface area contributed by atoms with Crippen molar-refractivity contribution >= 4 is 23.0 Å². The predicted octanol–water partition coefficient (Wildman–Crippen LogP) is 3.62. The fraction of sp³-hybridized carbons (Fsp3) is 0.400. The van der Waals surface area contributed by atoms with E-state index >= 15 is 0 Å². The van der Waals surface area contributed by atoms with Gasteiger partial charge >= 0.3 is 6.18 Å². The molecule has 0 unspecified atom stereocenters. The Balaban J connectivity index is 2.26. The largest absolute Gasteiger partial charge is 0.407 e. The zero-order valence-electron chi connectivity index (χ0n) is 16.4. The minimum atomic E-state index is -4.68. The van der Waals surface area contributed by atoms with E-state index in [4.69, 9.17) is 5.26 Å². The molecule has 2 rings (SSSR count). The quantitative estimate of drug-likeness (QED) is 0.461. The monoisotopic (exact) mass is 438 g/mol. The number of halogens is 3. The molecule has 2 aromatic rings. The van der Waals surface area contributed by atoms with Gasteiger partial charge in [-0.05, 0) is 17.9 Å². The van der Waals surface area contributed by atoms with E-state index in [9.17, 15) is 22.8 Å². The summed E-state index contributed by atoms with van der Waals surface area (Å²) < 4.78 is 41.3. The second-order valence-electron chi connectivity index (χ2n) is 6.99. The van der Waals surface area contributed by atoms with Crippen molar-refractivity contribution in [1.29, 1.82) is 5.26 Å². The summed E-state index contributed by atoms with van der Waals surface area (Å²) in [6.45, 7) is 3.28. The highest BCUT2D eigenvalue weighted by atomic mass is 32.1. The molecule has 6 nitrogen and oxygen atoms in total. The van der Waals surface area contributed by atoms with Crippen LogP contribution in [-0.4, -0.2) is 35.4 Å². The number of nitrogens with one attached hydrogen (secondary N) is 2. The van der Waals surface area contributed by atoms with Crippen LogP contribution in [0.5, 0.6) is 0 Å². The summed E-state index contributed by atoms with van der Waals surface area (Å²) >= 11 is 1.14. The van der Waals surface area contributed by atoms with Crippen LogP contribution in [-0.2, 0) is 4.79 Å². The summed E-state index contributed by atoms with van der Waals surface area (Å²) in [5, 5.41) is 15.2. The molecule has 0 saturated heterocycles. The van der Waals surface area contributed by atoms with E-state index in [1.165, 1.54) is 30.5 Å². The molecule has 1 heterocycles. The van der Waals surface area contributed by atoms with Crippen LogP contribution in [0.4, 0.5) is 13.2 Å². The average molecular weight is 438 g/mol. The lowest BCUT2D eigenvalue weighted by atomic mass is 9.98. The van der Waals surface area contributed by atoms with Gasteiger partial charge in [-0.25, -0.2) is 4.98 Å². The molecule has 1 aromatic carbocycles. The van der Waals surface area contributed by atoms with Gasteiger partial charge < -0.3 is 5.32 Å². The number of alkyl halides is 3. The predicted molar refractivity (Wildman–Crippen MR) is 106 cm³/mol. The lowest BCUT2D eigenvalue weighted by Crippen LogP contribution is -2.49. The highest BCUT2D eigenvalue weighted by molar-refractivity contribution is 7.11. The van der Waals surface area contributed by atoms with Gasteiger partial charge in [0, 0.05) is 17.1 Å². The summed E-state index contributed by atoms with van der Waals surface area (Å²) in [6, 6.07) is 3.53. The summed E-state index contributed by atoms with van der Waals surface area (Å²) in [5.74, 6) is -1.10. The Morgan fingerprint density at radius 3 is 2.40 bits per heavy atom. The van der Waals surface area contributed by atoms with Crippen molar-refractivity contribution in [1.82, 2.24) is 15.6 Å². The van der Waals surface area contributed by atoms with Crippen molar-refractivity contribution in [2.24, 2.45) is 5.92 Å². The summed E-state index contributed by atoms with van der Waals surface area (Å²) in [4.78, 5) is 28.5. The van der Waals surface area contributed by atoms with Crippen LogP contribution in [0.3, 0.4) is 0 Å². The fourth-order valence-electron chi connectivity index (χ4n) is 2.84. The van der Waals surface area contributed by atoms with E-state index < -0.39 is 24.2 Å². The van der Waals surface area contributed by atoms with Crippen LogP contribution in [0.15, 0.2) is 35.8 Å². The maximum absolute atomic E-state index is 13.8. The highest BCUT2D eigenvalue weighted by Gasteiger charge is 2.43. The van der Waals surface area contributed by atoms with E-state index in [1.807, 2.05) is 0 Å². The molecule has 2 atom stereocenters. The van der Waals surface area contributed by atoms with Crippen molar-refractivity contribution < 1.29 is 22.8 Å². The standard InChI is InChI=1S/C20H21F3N4O2S/c1-12(2)11-15(18(29)25-8-7-24)27-17(20(21,22)23)14-5-3-13(4-6-14)16(28)19-26-9-10-30-19/h3-6,9-10,12,15,17,27H,8,11H2,1-2H3,(H,25,29)/t15-,17-/m0/s1. The Kier molecular flexibility index (Phi) is 8.08. The first-order valence-corrected chi connectivity index (χ1v) is 10.0. The van der Waals surface area contributed by atoms with E-state index in [1.54, 1.807) is 25.3 Å². The normalized spacial score (nSPS) is 13.5. The molecule has 30 heavy (non-hydrogen) atoms. The highest BCUT2D eigenvalue weighted by Crippen LogP contribution is 2.34. The number of carbonyl (C=O) groups is 2. The van der Waals surface area contributed by atoms with Gasteiger partial charge in [-0.3, -0.25) is 14.9 Å². The first kappa shape index (κ1) is 23.5. The number of ketones is 1. The molecule has 2 N–H and O–H groups in total. The van der Waals surface area contributed by atoms with E-state index in [2.05, 4.69) is 15.6 Å². The van der Waals surface area contributed by atoms with Crippen molar-refractivity contribution in [3.05, 3.63) is 52.0 Å². The van der Waals surface area contributed by atoms with Crippen LogP contribution in [0.25, 0.3) is 0 Å². The van der Waals surface area contributed by atoms with Gasteiger partial charge in [-0.15, -0.1) is 11.3 Å². The molecule has 10 heteroatoms. The van der Waals surface area contributed by atoms with Gasteiger partial charge in [0.25, 0.3) is 0 Å². The SMILES string of the molecule is CC(C)C[C@H](N[C@@H](c1ccc(C(=O)c2nccs2)cc1)C(F)(F)F)C(=O)NCC#N. The van der Waals surface area contributed by atoms with Crippen LogP contribution in [0.2, 0.25) is 0 Å². The van der Waals surface area contributed by atoms with Crippen LogP contribution < -0.4 is 10.6 Å². The summed E-state index contributed by atoms with van der Waals surface area (Å²) in [6.07, 6.45) is -3.04. The van der Waals surface area contributed by atoms with E-state index in [0.717, 1.165) is 11.3 Å². The Bertz CT molecular complexity index is 890. The maximum atomic E-state index is 13.8. The Morgan fingerprint density at radius 1 is 1.23 bits per heavy atom. The topological polar surface area (TPSA) is 94.9 Å². The molecule has 0 bridgehead atoms. The number of benzene rings is 1.